The van der Waals surface area contributed by atoms with Gasteiger partial charge in [0.15, 0.2) is 0 Å². The minimum Gasteiger partial charge on any atom is -0.324 e. The molecular formula is C15H15ClN2O2. The molecule has 0 saturated heterocycles. The maximum absolute atomic E-state index is 12.0. The summed E-state index contributed by atoms with van der Waals surface area (Å²) in [6.07, 6.45) is 1.66. The second-order valence-corrected chi connectivity index (χ2v) is 5.12. The molecule has 0 spiro atoms. The number of benzene rings is 1. The van der Waals surface area contributed by atoms with E-state index in [0.29, 0.717) is 10.7 Å². The standard InChI is InChI=1S/C15H15ClN2O2/c1-10-3-6-15(20)18(8-10)9-14(19)17-13-7-12(16)5-4-11(13)2/h3-8H,9H2,1-2H3,(H,17,19). The molecule has 1 amide bonds. The van der Waals surface area contributed by atoms with Gasteiger partial charge in [-0.05, 0) is 37.1 Å². The van der Waals surface area contributed by atoms with Gasteiger partial charge in [0.2, 0.25) is 5.91 Å². The van der Waals surface area contributed by atoms with E-state index in [9.17, 15) is 9.59 Å². The van der Waals surface area contributed by atoms with Crippen LogP contribution in [0.5, 0.6) is 0 Å². The number of nitrogens with zero attached hydrogens (tertiary/aromatic N) is 1. The van der Waals surface area contributed by atoms with Gasteiger partial charge in [0.25, 0.3) is 5.56 Å². The third kappa shape index (κ3) is 3.48. The number of nitrogens with one attached hydrogen (secondary N) is 1. The predicted molar refractivity (Wildman–Crippen MR) is 80.3 cm³/mol. The highest BCUT2D eigenvalue weighted by molar-refractivity contribution is 6.31. The number of amides is 1. The summed E-state index contributed by atoms with van der Waals surface area (Å²) in [7, 11) is 0. The van der Waals surface area contributed by atoms with E-state index in [2.05, 4.69) is 5.32 Å². The predicted octanol–water partition coefficient (Wildman–Crippen LogP) is 2.76. The molecule has 5 heteroatoms. The summed E-state index contributed by atoms with van der Waals surface area (Å²) in [4.78, 5) is 23.6. The van der Waals surface area contributed by atoms with Crippen molar-refractivity contribution in [3.05, 3.63) is 63.0 Å². The minimum atomic E-state index is -0.261. The second kappa shape index (κ2) is 5.92. The van der Waals surface area contributed by atoms with Gasteiger partial charge in [-0.3, -0.25) is 9.59 Å². The Kier molecular flexibility index (Phi) is 4.25. The summed E-state index contributed by atoms with van der Waals surface area (Å²) in [6, 6.07) is 8.45. The van der Waals surface area contributed by atoms with Crippen LogP contribution in [0.4, 0.5) is 5.69 Å². The van der Waals surface area contributed by atoms with Crippen LogP contribution in [0.3, 0.4) is 0 Å². The maximum Gasteiger partial charge on any atom is 0.251 e. The third-order valence-corrected chi connectivity index (χ3v) is 3.15. The Balaban J connectivity index is 2.15. The van der Waals surface area contributed by atoms with Gasteiger partial charge in [0.05, 0.1) is 0 Å². The lowest BCUT2D eigenvalue weighted by molar-refractivity contribution is -0.116. The number of rotatable bonds is 3. The quantitative estimate of drug-likeness (QED) is 0.945. The zero-order valence-corrected chi connectivity index (χ0v) is 12.1. The number of hydrogen-bond donors (Lipinski definition) is 1. The molecule has 0 saturated carbocycles. The first-order chi connectivity index (χ1) is 9.45. The molecule has 0 aliphatic rings. The first-order valence-corrected chi connectivity index (χ1v) is 6.56. The summed E-state index contributed by atoms with van der Waals surface area (Å²) < 4.78 is 1.38. The highest BCUT2D eigenvalue weighted by Gasteiger charge is 2.07. The monoisotopic (exact) mass is 290 g/mol. The number of aromatic nitrogens is 1. The second-order valence-electron chi connectivity index (χ2n) is 4.68. The molecule has 0 aliphatic heterocycles. The van der Waals surface area contributed by atoms with Gasteiger partial charge in [-0.25, -0.2) is 0 Å². The Bertz CT molecular complexity index is 707. The van der Waals surface area contributed by atoms with Crippen molar-refractivity contribution in [2.24, 2.45) is 0 Å². The van der Waals surface area contributed by atoms with Gasteiger partial charge in [-0.1, -0.05) is 23.7 Å². The van der Waals surface area contributed by atoms with Crippen molar-refractivity contribution in [1.29, 1.82) is 0 Å². The maximum atomic E-state index is 12.0. The molecule has 2 rings (SSSR count). The van der Waals surface area contributed by atoms with Gasteiger partial charge < -0.3 is 9.88 Å². The smallest absolute Gasteiger partial charge is 0.251 e. The largest absolute Gasteiger partial charge is 0.324 e. The Morgan fingerprint density at radius 3 is 2.75 bits per heavy atom. The van der Waals surface area contributed by atoms with Gasteiger partial charge in [0.1, 0.15) is 6.54 Å². The zero-order chi connectivity index (χ0) is 14.7. The SMILES string of the molecule is Cc1ccc(=O)n(CC(=O)Nc2cc(Cl)ccc2C)c1. The van der Waals surface area contributed by atoms with Gasteiger partial charge in [-0.15, -0.1) is 0 Å². The van der Waals surface area contributed by atoms with Crippen molar-refractivity contribution in [3.8, 4) is 0 Å². The molecule has 0 unspecified atom stereocenters. The molecule has 0 bridgehead atoms. The molecule has 20 heavy (non-hydrogen) atoms. The summed E-state index contributed by atoms with van der Waals surface area (Å²) in [5, 5.41) is 3.32. The number of carbonyl (C=O) groups excluding carboxylic acids is 1. The highest BCUT2D eigenvalue weighted by Crippen LogP contribution is 2.20. The average Bonchev–Trinajstić information content (AvgIpc) is 2.38. The van der Waals surface area contributed by atoms with Crippen molar-refractivity contribution in [2.75, 3.05) is 5.32 Å². The van der Waals surface area contributed by atoms with E-state index in [-0.39, 0.29) is 18.0 Å². The van der Waals surface area contributed by atoms with Crippen LogP contribution < -0.4 is 10.9 Å². The van der Waals surface area contributed by atoms with Crippen molar-refractivity contribution >= 4 is 23.2 Å². The van der Waals surface area contributed by atoms with Crippen LogP contribution in [-0.4, -0.2) is 10.5 Å². The first kappa shape index (κ1) is 14.3. The highest BCUT2D eigenvalue weighted by atomic mass is 35.5. The van der Waals surface area contributed by atoms with Crippen molar-refractivity contribution in [2.45, 2.75) is 20.4 Å². The van der Waals surface area contributed by atoms with Gasteiger partial charge in [0, 0.05) is 23.0 Å². The lowest BCUT2D eigenvalue weighted by atomic mass is 10.2. The number of pyridine rings is 1. The number of hydrogen-bond acceptors (Lipinski definition) is 2. The van der Waals surface area contributed by atoms with Crippen LogP contribution in [0.25, 0.3) is 0 Å². The summed E-state index contributed by atoms with van der Waals surface area (Å²) >= 11 is 5.90. The molecule has 0 fully saturated rings. The van der Waals surface area contributed by atoms with Crippen LogP contribution in [-0.2, 0) is 11.3 Å². The molecule has 0 atom stereocenters. The lowest BCUT2D eigenvalue weighted by Crippen LogP contribution is -2.27. The van der Waals surface area contributed by atoms with E-state index in [1.54, 1.807) is 24.4 Å². The summed E-state index contributed by atoms with van der Waals surface area (Å²) in [6.45, 7) is 3.73. The lowest BCUT2D eigenvalue weighted by Gasteiger charge is -2.10. The van der Waals surface area contributed by atoms with E-state index in [0.717, 1.165) is 11.1 Å². The molecule has 1 aromatic carbocycles. The van der Waals surface area contributed by atoms with Crippen LogP contribution in [0, 0.1) is 13.8 Å². The number of anilines is 1. The minimum absolute atomic E-state index is 0.0214. The molecule has 1 aromatic heterocycles. The van der Waals surface area contributed by atoms with E-state index in [1.807, 2.05) is 19.9 Å². The molecule has 0 aliphatic carbocycles. The first-order valence-electron chi connectivity index (χ1n) is 6.19. The van der Waals surface area contributed by atoms with Crippen molar-refractivity contribution in [1.82, 2.24) is 4.57 Å². The topological polar surface area (TPSA) is 51.1 Å². The van der Waals surface area contributed by atoms with E-state index < -0.39 is 0 Å². The van der Waals surface area contributed by atoms with Crippen LogP contribution >= 0.6 is 11.6 Å². The molecule has 4 nitrogen and oxygen atoms in total. The molecule has 2 aromatic rings. The number of carbonyl (C=O) groups is 1. The fourth-order valence-electron chi connectivity index (χ4n) is 1.85. The normalized spacial score (nSPS) is 10.3. The number of halogens is 1. The Labute approximate surface area is 122 Å². The van der Waals surface area contributed by atoms with Crippen LogP contribution in [0.15, 0.2) is 41.3 Å². The van der Waals surface area contributed by atoms with Crippen molar-refractivity contribution < 1.29 is 4.79 Å². The van der Waals surface area contributed by atoms with Crippen LogP contribution in [0.1, 0.15) is 11.1 Å². The Morgan fingerprint density at radius 2 is 2.00 bits per heavy atom. The van der Waals surface area contributed by atoms with Gasteiger partial charge in [-0.2, -0.15) is 0 Å². The van der Waals surface area contributed by atoms with E-state index in [1.165, 1.54) is 10.6 Å². The average molecular weight is 291 g/mol. The van der Waals surface area contributed by atoms with E-state index >= 15 is 0 Å². The molecule has 104 valence electrons. The molecule has 1 heterocycles. The summed E-state index contributed by atoms with van der Waals surface area (Å²) in [5.74, 6) is -0.261. The van der Waals surface area contributed by atoms with E-state index in [4.69, 9.17) is 11.6 Å². The Hall–Kier alpha value is -2.07. The number of aryl methyl sites for hydroxylation is 2. The van der Waals surface area contributed by atoms with Crippen LogP contribution in [0.2, 0.25) is 5.02 Å². The van der Waals surface area contributed by atoms with Crippen molar-refractivity contribution in [3.63, 3.8) is 0 Å². The fraction of sp³-hybridized carbons (Fsp3) is 0.200. The molecule has 0 radical (unpaired) electrons. The summed E-state index contributed by atoms with van der Waals surface area (Å²) in [5.41, 5.74) is 2.30. The molecule has 1 N–H and O–H groups in total. The third-order valence-electron chi connectivity index (χ3n) is 2.92. The fourth-order valence-corrected chi connectivity index (χ4v) is 2.02. The Morgan fingerprint density at radius 1 is 1.25 bits per heavy atom. The van der Waals surface area contributed by atoms with Gasteiger partial charge >= 0.3 is 0 Å². The zero-order valence-electron chi connectivity index (χ0n) is 11.3. The molecular weight excluding hydrogens is 276 g/mol.